The lowest BCUT2D eigenvalue weighted by Crippen LogP contribution is -2.24. The Kier molecular flexibility index (Phi) is 3.70. The number of nitrogens with zero attached hydrogens (tertiary/aromatic N) is 3. The zero-order chi connectivity index (χ0) is 14.8. The number of hydrogen-bond donors (Lipinski definition) is 1. The van der Waals surface area contributed by atoms with E-state index in [0.29, 0.717) is 17.9 Å². The summed E-state index contributed by atoms with van der Waals surface area (Å²) in [4.78, 5) is 12.2. The molecule has 0 atom stereocenters. The zero-order valence-electron chi connectivity index (χ0n) is 11.4. The van der Waals surface area contributed by atoms with E-state index in [1.54, 1.807) is 6.07 Å². The van der Waals surface area contributed by atoms with E-state index in [4.69, 9.17) is 0 Å². The summed E-state index contributed by atoms with van der Waals surface area (Å²) in [6, 6.07) is 11.2. The van der Waals surface area contributed by atoms with Crippen LogP contribution in [0.2, 0.25) is 0 Å². The average Bonchev–Trinajstić information content (AvgIpc) is 2.91. The van der Waals surface area contributed by atoms with Gasteiger partial charge in [0.1, 0.15) is 0 Å². The van der Waals surface area contributed by atoms with Crippen LogP contribution < -0.4 is 5.32 Å². The Balaban J connectivity index is 1.75. The molecule has 0 radical (unpaired) electrons. The van der Waals surface area contributed by atoms with Crippen molar-refractivity contribution in [3.63, 3.8) is 0 Å². The molecule has 2 heterocycles. The highest BCUT2D eigenvalue weighted by molar-refractivity contribution is 9.10. The van der Waals surface area contributed by atoms with Crippen molar-refractivity contribution in [1.82, 2.24) is 19.9 Å². The van der Waals surface area contributed by atoms with Crippen LogP contribution in [0.25, 0.3) is 5.65 Å². The number of hydrogen-bond acceptors (Lipinski definition) is 3. The number of carbonyl (C=O) groups excluding carboxylic acids is 1. The lowest BCUT2D eigenvalue weighted by Gasteiger charge is -2.06. The molecule has 2 aromatic heterocycles. The smallest absolute Gasteiger partial charge is 0.251 e. The van der Waals surface area contributed by atoms with E-state index in [-0.39, 0.29) is 5.91 Å². The molecule has 1 N–H and O–H groups in total. The van der Waals surface area contributed by atoms with E-state index in [9.17, 15) is 4.79 Å². The van der Waals surface area contributed by atoms with Gasteiger partial charge in [-0.3, -0.25) is 9.20 Å². The predicted molar refractivity (Wildman–Crippen MR) is 83.0 cm³/mol. The molecule has 6 heteroatoms. The van der Waals surface area contributed by atoms with Crippen LogP contribution in [0.4, 0.5) is 0 Å². The largest absolute Gasteiger partial charge is 0.345 e. The Labute approximate surface area is 130 Å². The fraction of sp³-hybridized carbons (Fsp3) is 0.133. The van der Waals surface area contributed by atoms with Gasteiger partial charge >= 0.3 is 0 Å². The highest BCUT2D eigenvalue weighted by atomic mass is 79.9. The topological polar surface area (TPSA) is 59.3 Å². The minimum atomic E-state index is -0.136. The molecule has 3 aromatic rings. The number of aryl methyl sites for hydroxylation is 1. The van der Waals surface area contributed by atoms with Crippen LogP contribution in [0.5, 0.6) is 0 Å². The number of carbonyl (C=O) groups is 1. The molecule has 0 saturated heterocycles. The van der Waals surface area contributed by atoms with Crippen LogP contribution in [0.1, 0.15) is 21.7 Å². The molecule has 0 spiro atoms. The summed E-state index contributed by atoms with van der Waals surface area (Å²) in [7, 11) is 0. The highest BCUT2D eigenvalue weighted by Gasteiger charge is 2.09. The zero-order valence-corrected chi connectivity index (χ0v) is 13.0. The van der Waals surface area contributed by atoms with Gasteiger partial charge in [-0.05, 0) is 36.8 Å². The Bertz CT molecular complexity index is 812. The van der Waals surface area contributed by atoms with E-state index in [1.165, 1.54) is 0 Å². The van der Waals surface area contributed by atoms with Gasteiger partial charge in [-0.15, -0.1) is 10.2 Å². The van der Waals surface area contributed by atoms with Crippen molar-refractivity contribution in [2.24, 2.45) is 0 Å². The van der Waals surface area contributed by atoms with Crippen molar-refractivity contribution in [3.8, 4) is 0 Å². The van der Waals surface area contributed by atoms with Gasteiger partial charge in [0.15, 0.2) is 11.5 Å². The summed E-state index contributed by atoms with van der Waals surface area (Å²) in [6.45, 7) is 2.31. The molecule has 3 rings (SSSR count). The summed E-state index contributed by atoms with van der Waals surface area (Å²) in [5.74, 6) is 0.563. The van der Waals surface area contributed by atoms with E-state index in [2.05, 4.69) is 31.4 Å². The third-order valence-electron chi connectivity index (χ3n) is 3.23. The Morgan fingerprint density at radius 1 is 1.29 bits per heavy atom. The fourth-order valence-corrected chi connectivity index (χ4v) is 2.39. The monoisotopic (exact) mass is 344 g/mol. The molecular formula is C15H13BrN4O. The molecule has 1 amide bonds. The van der Waals surface area contributed by atoms with Gasteiger partial charge in [0.25, 0.3) is 5.91 Å². The lowest BCUT2D eigenvalue weighted by molar-refractivity contribution is 0.0949. The second kappa shape index (κ2) is 5.65. The lowest BCUT2D eigenvalue weighted by atomic mass is 10.1. The SMILES string of the molecule is Cc1ccc(C(=O)NCc2nnc3ccccn23)cc1Br. The third-order valence-corrected chi connectivity index (χ3v) is 4.08. The van der Waals surface area contributed by atoms with Gasteiger partial charge in [-0.1, -0.05) is 28.1 Å². The predicted octanol–water partition coefficient (Wildman–Crippen LogP) is 2.73. The van der Waals surface area contributed by atoms with E-state index in [1.807, 2.05) is 47.9 Å². The van der Waals surface area contributed by atoms with E-state index < -0.39 is 0 Å². The minimum absolute atomic E-state index is 0.136. The van der Waals surface area contributed by atoms with Gasteiger partial charge in [0, 0.05) is 16.2 Å². The first-order chi connectivity index (χ1) is 10.1. The van der Waals surface area contributed by atoms with Gasteiger partial charge in [0.05, 0.1) is 6.54 Å². The van der Waals surface area contributed by atoms with Crippen molar-refractivity contribution >= 4 is 27.5 Å². The standard InChI is InChI=1S/C15H13BrN4O/c1-10-5-6-11(8-12(10)16)15(21)17-9-14-19-18-13-4-2-3-7-20(13)14/h2-8H,9H2,1H3,(H,17,21). The van der Waals surface area contributed by atoms with Gasteiger partial charge in [-0.25, -0.2) is 0 Å². The minimum Gasteiger partial charge on any atom is -0.345 e. The van der Waals surface area contributed by atoms with Gasteiger partial charge < -0.3 is 5.32 Å². The number of pyridine rings is 1. The Morgan fingerprint density at radius 3 is 2.95 bits per heavy atom. The molecule has 21 heavy (non-hydrogen) atoms. The molecular weight excluding hydrogens is 332 g/mol. The molecule has 0 aliphatic heterocycles. The van der Waals surface area contributed by atoms with Crippen LogP contribution in [-0.2, 0) is 6.54 Å². The van der Waals surface area contributed by atoms with Crippen LogP contribution in [-0.4, -0.2) is 20.5 Å². The molecule has 0 fully saturated rings. The first-order valence-corrected chi connectivity index (χ1v) is 7.27. The number of fused-ring (bicyclic) bond motifs is 1. The number of halogens is 1. The summed E-state index contributed by atoms with van der Waals surface area (Å²) in [5, 5.41) is 11.0. The Morgan fingerprint density at radius 2 is 2.14 bits per heavy atom. The van der Waals surface area contributed by atoms with Gasteiger partial charge in [-0.2, -0.15) is 0 Å². The normalized spacial score (nSPS) is 10.8. The molecule has 0 bridgehead atoms. The average molecular weight is 345 g/mol. The highest BCUT2D eigenvalue weighted by Crippen LogP contribution is 2.17. The van der Waals surface area contributed by atoms with Crippen molar-refractivity contribution in [2.75, 3.05) is 0 Å². The van der Waals surface area contributed by atoms with Crippen molar-refractivity contribution in [3.05, 3.63) is 64.0 Å². The van der Waals surface area contributed by atoms with Crippen LogP contribution >= 0.6 is 15.9 Å². The first kappa shape index (κ1) is 13.8. The van der Waals surface area contributed by atoms with E-state index in [0.717, 1.165) is 15.7 Å². The van der Waals surface area contributed by atoms with E-state index >= 15 is 0 Å². The number of nitrogens with one attached hydrogen (secondary N) is 1. The number of benzene rings is 1. The quantitative estimate of drug-likeness (QED) is 0.794. The maximum atomic E-state index is 12.2. The molecule has 0 unspecified atom stereocenters. The summed E-state index contributed by atoms with van der Waals surface area (Å²) >= 11 is 3.43. The molecule has 5 nitrogen and oxygen atoms in total. The van der Waals surface area contributed by atoms with Crippen molar-refractivity contribution < 1.29 is 4.79 Å². The van der Waals surface area contributed by atoms with Crippen molar-refractivity contribution in [2.45, 2.75) is 13.5 Å². The number of aromatic nitrogens is 3. The third kappa shape index (κ3) is 2.80. The first-order valence-electron chi connectivity index (χ1n) is 6.48. The van der Waals surface area contributed by atoms with Crippen LogP contribution in [0, 0.1) is 6.92 Å². The molecule has 0 saturated carbocycles. The summed E-state index contributed by atoms with van der Waals surface area (Å²) < 4.78 is 2.77. The molecule has 0 aliphatic rings. The molecule has 0 aliphatic carbocycles. The second-order valence-corrected chi connectivity index (χ2v) is 5.55. The second-order valence-electron chi connectivity index (χ2n) is 4.69. The maximum Gasteiger partial charge on any atom is 0.251 e. The number of amides is 1. The maximum absolute atomic E-state index is 12.2. The Hall–Kier alpha value is -2.21. The summed E-state index contributed by atoms with van der Waals surface area (Å²) in [6.07, 6.45) is 1.87. The molecule has 1 aromatic carbocycles. The summed E-state index contributed by atoms with van der Waals surface area (Å²) in [5.41, 5.74) is 2.47. The van der Waals surface area contributed by atoms with Crippen LogP contribution in [0.15, 0.2) is 47.1 Å². The van der Waals surface area contributed by atoms with Crippen LogP contribution in [0.3, 0.4) is 0 Å². The fourth-order valence-electron chi connectivity index (χ4n) is 2.01. The number of rotatable bonds is 3. The van der Waals surface area contributed by atoms with Gasteiger partial charge in [0.2, 0.25) is 0 Å². The molecule has 106 valence electrons. The van der Waals surface area contributed by atoms with Crippen molar-refractivity contribution in [1.29, 1.82) is 0 Å².